The predicted octanol–water partition coefficient (Wildman–Crippen LogP) is 4.07. The van der Waals surface area contributed by atoms with E-state index in [2.05, 4.69) is 0 Å². The average molecular weight is 450 g/mol. The quantitative estimate of drug-likeness (QED) is 0.522. The SMILES string of the molecule is Cc1cc(OCC(=O)O)cc(F)c1Oc1ccc(O)c(S(=O)(=O)c2ccc(F)cc2)c1. The molecule has 7 nitrogen and oxygen atoms in total. The molecule has 0 fully saturated rings. The van der Waals surface area contributed by atoms with Crippen molar-refractivity contribution in [2.75, 3.05) is 6.61 Å². The van der Waals surface area contributed by atoms with E-state index in [0.29, 0.717) is 0 Å². The molecule has 0 unspecified atom stereocenters. The molecule has 0 heterocycles. The molecular weight excluding hydrogens is 434 g/mol. The molecule has 0 aliphatic heterocycles. The number of halogens is 2. The maximum absolute atomic E-state index is 14.5. The van der Waals surface area contributed by atoms with Crippen molar-refractivity contribution in [2.45, 2.75) is 16.7 Å². The molecule has 0 aliphatic carbocycles. The molecule has 0 radical (unpaired) electrons. The minimum Gasteiger partial charge on any atom is -0.507 e. The van der Waals surface area contributed by atoms with Gasteiger partial charge in [-0.15, -0.1) is 0 Å². The summed E-state index contributed by atoms with van der Waals surface area (Å²) in [6, 6.07) is 9.67. The van der Waals surface area contributed by atoms with Crippen LogP contribution in [-0.2, 0) is 14.6 Å². The Hall–Kier alpha value is -3.66. The van der Waals surface area contributed by atoms with E-state index in [-0.39, 0.29) is 27.7 Å². The monoisotopic (exact) mass is 450 g/mol. The summed E-state index contributed by atoms with van der Waals surface area (Å²) in [6.07, 6.45) is 0. The molecule has 0 amide bonds. The van der Waals surface area contributed by atoms with Crippen LogP contribution < -0.4 is 9.47 Å². The van der Waals surface area contributed by atoms with E-state index in [1.54, 1.807) is 0 Å². The highest BCUT2D eigenvalue weighted by atomic mass is 32.2. The van der Waals surface area contributed by atoms with Gasteiger partial charge in [0.05, 0.1) is 4.90 Å². The number of benzene rings is 3. The van der Waals surface area contributed by atoms with Crippen molar-refractivity contribution in [2.24, 2.45) is 0 Å². The Bertz CT molecular complexity index is 1220. The number of aryl methyl sites for hydroxylation is 1. The lowest BCUT2D eigenvalue weighted by molar-refractivity contribution is -0.139. The summed E-state index contributed by atoms with van der Waals surface area (Å²) >= 11 is 0. The summed E-state index contributed by atoms with van der Waals surface area (Å²) in [6.45, 7) is 0.838. The number of carboxylic acids is 1. The topological polar surface area (TPSA) is 110 Å². The highest BCUT2D eigenvalue weighted by Crippen LogP contribution is 2.36. The largest absolute Gasteiger partial charge is 0.507 e. The third-order valence-corrected chi connectivity index (χ3v) is 5.93. The first-order valence-corrected chi connectivity index (χ1v) is 10.2. The van der Waals surface area contributed by atoms with Crippen molar-refractivity contribution >= 4 is 15.8 Å². The van der Waals surface area contributed by atoms with E-state index >= 15 is 0 Å². The molecule has 0 bridgehead atoms. The zero-order chi connectivity index (χ0) is 22.8. The number of phenols is 1. The Kier molecular flexibility index (Phi) is 6.11. The van der Waals surface area contributed by atoms with Crippen molar-refractivity contribution in [1.82, 2.24) is 0 Å². The van der Waals surface area contributed by atoms with Gasteiger partial charge in [0.1, 0.15) is 28.0 Å². The maximum Gasteiger partial charge on any atom is 0.341 e. The molecule has 3 aromatic rings. The first-order chi connectivity index (χ1) is 14.6. The van der Waals surface area contributed by atoms with Gasteiger partial charge in [0.15, 0.2) is 18.2 Å². The van der Waals surface area contributed by atoms with Crippen molar-refractivity contribution in [3.63, 3.8) is 0 Å². The second kappa shape index (κ2) is 8.60. The molecule has 31 heavy (non-hydrogen) atoms. The van der Waals surface area contributed by atoms with Gasteiger partial charge < -0.3 is 19.7 Å². The summed E-state index contributed by atoms with van der Waals surface area (Å²) < 4.78 is 63.6. The van der Waals surface area contributed by atoms with E-state index in [1.807, 2.05) is 0 Å². The number of carboxylic acid groups (broad SMARTS) is 1. The zero-order valence-corrected chi connectivity index (χ0v) is 16.8. The number of hydrogen-bond donors (Lipinski definition) is 2. The van der Waals surface area contributed by atoms with Crippen LogP contribution in [0.25, 0.3) is 0 Å². The Balaban J connectivity index is 1.94. The van der Waals surface area contributed by atoms with Gasteiger partial charge in [-0.2, -0.15) is 0 Å². The third kappa shape index (κ3) is 4.92. The summed E-state index contributed by atoms with van der Waals surface area (Å²) in [5, 5.41) is 18.7. The molecule has 10 heteroatoms. The van der Waals surface area contributed by atoms with Gasteiger partial charge >= 0.3 is 5.97 Å². The van der Waals surface area contributed by atoms with Crippen molar-refractivity contribution in [1.29, 1.82) is 0 Å². The zero-order valence-electron chi connectivity index (χ0n) is 16.0. The fourth-order valence-corrected chi connectivity index (χ4v) is 4.05. The average Bonchev–Trinajstić information content (AvgIpc) is 2.70. The highest BCUT2D eigenvalue weighted by molar-refractivity contribution is 7.91. The summed E-state index contributed by atoms with van der Waals surface area (Å²) in [4.78, 5) is 9.83. The molecule has 162 valence electrons. The van der Waals surface area contributed by atoms with Gasteiger partial charge in [-0.25, -0.2) is 22.0 Å². The number of ether oxygens (including phenoxy) is 2. The van der Waals surface area contributed by atoms with Gasteiger partial charge in [0.25, 0.3) is 0 Å². The van der Waals surface area contributed by atoms with Crippen LogP contribution in [0.5, 0.6) is 23.0 Å². The van der Waals surface area contributed by atoms with Crippen LogP contribution in [0.2, 0.25) is 0 Å². The molecule has 0 spiro atoms. The minimum atomic E-state index is -4.21. The number of rotatable bonds is 7. The molecule has 0 atom stereocenters. The number of sulfone groups is 1. The Labute approximate surface area is 176 Å². The highest BCUT2D eigenvalue weighted by Gasteiger charge is 2.23. The number of aromatic hydroxyl groups is 1. The van der Waals surface area contributed by atoms with Crippen molar-refractivity contribution in [3.05, 3.63) is 71.8 Å². The van der Waals surface area contributed by atoms with Crippen LogP contribution in [0, 0.1) is 18.6 Å². The van der Waals surface area contributed by atoms with E-state index in [0.717, 1.165) is 42.5 Å². The lowest BCUT2D eigenvalue weighted by atomic mass is 10.2. The Morgan fingerprint density at radius 1 is 1.00 bits per heavy atom. The van der Waals surface area contributed by atoms with Crippen LogP contribution in [0.1, 0.15) is 5.56 Å². The van der Waals surface area contributed by atoms with Crippen LogP contribution in [0.15, 0.2) is 64.4 Å². The lowest BCUT2D eigenvalue weighted by Crippen LogP contribution is -2.09. The standard InChI is InChI=1S/C21H16F2O7S/c1-12-8-15(29-11-20(25)26)9-17(23)21(12)30-14-4-7-18(24)19(10-14)31(27,28)16-5-2-13(22)3-6-16/h2-10,24H,11H2,1H3,(H,25,26). The number of phenolic OH excluding ortho intramolecular Hbond substituents is 1. The molecule has 0 saturated heterocycles. The van der Waals surface area contributed by atoms with Gasteiger partial charge in [-0.3, -0.25) is 0 Å². The molecule has 3 rings (SSSR count). The minimum absolute atomic E-state index is 0.0185. The Morgan fingerprint density at radius 2 is 1.68 bits per heavy atom. The van der Waals surface area contributed by atoms with Crippen LogP contribution in [0.3, 0.4) is 0 Å². The normalized spacial score (nSPS) is 11.2. The number of aliphatic carboxylic acids is 1. The fourth-order valence-electron chi connectivity index (χ4n) is 2.69. The van der Waals surface area contributed by atoms with Gasteiger partial charge in [0.2, 0.25) is 9.84 Å². The van der Waals surface area contributed by atoms with Gasteiger partial charge in [-0.05, 0) is 55.0 Å². The summed E-state index contributed by atoms with van der Waals surface area (Å²) in [5.74, 6) is -3.62. The first kappa shape index (κ1) is 22.0. The van der Waals surface area contributed by atoms with Crippen molar-refractivity contribution in [3.8, 4) is 23.0 Å². The molecule has 3 aromatic carbocycles. The third-order valence-electron chi connectivity index (χ3n) is 4.13. The molecule has 0 aromatic heterocycles. The van der Waals surface area contributed by atoms with E-state index < -0.39 is 44.7 Å². The first-order valence-electron chi connectivity index (χ1n) is 8.74. The van der Waals surface area contributed by atoms with Gasteiger partial charge in [-0.1, -0.05) is 0 Å². The lowest BCUT2D eigenvalue weighted by Gasteiger charge is -2.14. The summed E-state index contributed by atoms with van der Waals surface area (Å²) in [7, 11) is -4.21. The molecular formula is C21H16F2O7S. The second-order valence-corrected chi connectivity index (χ2v) is 8.34. The smallest absolute Gasteiger partial charge is 0.341 e. The van der Waals surface area contributed by atoms with Crippen LogP contribution >= 0.6 is 0 Å². The number of hydrogen-bond acceptors (Lipinski definition) is 6. The maximum atomic E-state index is 14.5. The molecule has 0 saturated carbocycles. The van der Waals surface area contributed by atoms with E-state index in [9.17, 15) is 27.1 Å². The predicted molar refractivity (Wildman–Crippen MR) is 104 cm³/mol. The summed E-state index contributed by atoms with van der Waals surface area (Å²) in [5.41, 5.74) is 0.261. The van der Waals surface area contributed by atoms with Crippen LogP contribution in [0.4, 0.5) is 8.78 Å². The van der Waals surface area contributed by atoms with E-state index in [1.165, 1.54) is 19.1 Å². The van der Waals surface area contributed by atoms with Gasteiger partial charge in [0, 0.05) is 12.1 Å². The Morgan fingerprint density at radius 3 is 2.29 bits per heavy atom. The second-order valence-electron chi connectivity index (χ2n) is 6.42. The fraction of sp³-hybridized carbons (Fsp3) is 0.0952. The van der Waals surface area contributed by atoms with Crippen molar-refractivity contribution < 1.29 is 41.7 Å². The molecule has 0 aliphatic rings. The van der Waals surface area contributed by atoms with Crippen LogP contribution in [-0.4, -0.2) is 31.2 Å². The molecule has 2 N–H and O–H groups in total. The number of carbonyl (C=O) groups is 1. The van der Waals surface area contributed by atoms with E-state index in [4.69, 9.17) is 14.6 Å².